The molecular formula is C9H11NO4. The maximum absolute atomic E-state index is 11.0. The van der Waals surface area contributed by atoms with E-state index in [0.29, 0.717) is 0 Å². The van der Waals surface area contributed by atoms with Gasteiger partial charge in [0.2, 0.25) is 0 Å². The summed E-state index contributed by atoms with van der Waals surface area (Å²) < 4.78 is 9.17. The molecule has 0 spiro atoms. The van der Waals surface area contributed by atoms with Gasteiger partial charge in [-0.25, -0.2) is 9.59 Å². The van der Waals surface area contributed by atoms with Crippen molar-refractivity contribution in [3.05, 3.63) is 12.2 Å². The molecule has 0 saturated carbocycles. The number of hydrogen-bond donors (Lipinski definition) is 0. The molecular weight excluding hydrogens is 186 g/mol. The van der Waals surface area contributed by atoms with Gasteiger partial charge in [0, 0.05) is 0 Å². The fourth-order valence-corrected chi connectivity index (χ4v) is 0.585. The summed E-state index contributed by atoms with van der Waals surface area (Å²) in [6.45, 7) is 6.35. The maximum Gasteiger partial charge on any atom is 0.349 e. The normalized spacial score (nSPS) is 10.9. The second-order valence-electron chi connectivity index (χ2n) is 2.39. The molecule has 0 radical (unpaired) electrons. The largest absolute Gasteiger partial charge is 0.463 e. The first-order valence-corrected chi connectivity index (χ1v) is 3.99. The van der Waals surface area contributed by atoms with Crippen LogP contribution in [0.4, 0.5) is 0 Å². The molecule has 0 aromatic rings. The summed E-state index contributed by atoms with van der Waals surface area (Å²) in [5.41, 5.74) is -0.346. The van der Waals surface area contributed by atoms with Crippen molar-refractivity contribution in [1.29, 1.82) is 5.26 Å². The molecule has 0 aliphatic heterocycles. The van der Waals surface area contributed by atoms with Gasteiger partial charge >= 0.3 is 11.9 Å². The Morgan fingerprint density at radius 2 is 2.14 bits per heavy atom. The summed E-state index contributed by atoms with van der Waals surface area (Å²) >= 11 is 0. The van der Waals surface area contributed by atoms with E-state index in [0.717, 1.165) is 0 Å². The van der Waals surface area contributed by atoms with E-state index in [2.05, 4.69) is 16.1 Å². The standard InChI is InChI=1S/C9H11NO4/c1-4-13-9(12)7(3)14-8(11)6(2)5-10/h7H,2,4H2,1,3H3. The summed E-state index contributed by atoms with van der Waals surface area (Å²) in [5.74, 6) is -1.56. The number of nitrogens with zero attached hydrogens (tertiary/aromatic N) is 1. The fraction of sp³-hybridized carbons (Fsp3) is 0.444. The van der Waals surface area contributed by atoms with Crippen molar-refractivity contribution in [3.8, 4) is 6.07 Å². The van der Waals surface area contributed by atoms with Crippen LogP contribution in [0.1, 0.15) is 13.8 Å². The van der Waals surface area contributed by atoms with Gasteiger partial charge in [0.05, 0.1) is 6.61 Å². The van der Waals surface area contributed by atoms with E-state index in [-0.39, 0.29) is 12.2 Å². The number of carbonyl (C=O) groups excluding carboxylic acids is 2. The van der Waals surface area contributed by atoms with Crippen molar-refractivity contribution in [3.63, 3.8) is 0 Å². The number of nitriles is 1. The minimum absolute atomic E-state index is 0.208. The molecule has 0 N–H and O–H groups in total. The van der Waals surface area contributed by atoms with E-state index in [4.69, 9.17) is 5.26 Å². The van der Waals surface area contributed by atoms with Gasteiger partial charge < -0.3 is 9.47 Å². The van der Waals surface area contributed by atoms with Gasteiger partial charge in [-0.1, -0.05) is 6.58 Å². The highest BCUT2D eigenvalue weighted by atomic mass is 16.6. The minimum atomic E-state index is -1.02. The third-order valence-electron chi connectivity index (χ3n) is 1.28. The Hall–Kier alpha value is -1.83. The molecule has 0 amide bonds. The quantitative estimate of drug-likeness (QED) is 0.374. The number of hydrogen-bond acceptors (Lipinski definition) is 5. The first kappa shape index (κ1) is 12.2. The van der Waals surface area contributed by atoms with Crippen molar-refractivity contribution in [2.75, 3.05) is 6.61 Å². The van der Waals surface area contributed by atoms with Gasteiger partial charge in [0.15, 0.2) is 6.10 Å². The Morgan fingerprint density at radius 3 is 2.57 bits per heavy atom. The highest BCUT2D eigenvalue weighted by Gasteiger charge is 2.20. The molecule has 0 heterocycles. The van der Waals surface area contributed by atoms with E-state index in [9.17, 15) is 9.59 Å². The van der Waals surface area contributed by atoms with Crippen LogP contribution in [0.3, 0.4) is 0 Å². The van der Waals surface area contributed by atoms with Gasteiger partial charge in [-0.15, -0.1) is 0 Å². The monoisotopic (exact) mass is 197 g/mol. The molecule has 1 unspecified atom stereocenters. The molecule has 0 bridgehead atoms. The van der Waals surface area contributed by atoms with Crippen molar-refractivity contribution in [2.24, 2.45) is 0 Å². The van der Waals surface area contributed by atoms with Gasteiger partial charge in [0.25, 0.3) is 0 Å². The first-order chi connectivity index (χ1) is 6.52. The Bertz CT molecular complexity index is 290. The second kappa shape index (κ2) is 5.75. The Morgan fingerprint density at radius 1 is 1.57 bits per heavy atom. The topological polar surface area (TPSA) is 76.4 Å². The zero-order valence-corrected chi connectivity index (χ0v) is 8.07. The first-order valence-electron chi connectivity index (χ1n) is 3.99. The summed E-state index contributed by atoms with van der Waals surface area (Å²) in [5, 5.41) is 8.29. The number of esters is 2. The molecule has 1 atom stereocenters. The van der Waals surface area contributed by atoms with Gasteiger partial charge in [0.1, 0.15) is 11.6 Å². The highest BCUT2D eigenvalue weighted by Crippen LogP contribution is 2.00. The zero-order valence-electron chi connectivity index (χ0n) is 8.07. The van der Waals surface area contributed by atoms with E-state index in [1.54, 1.807) is 6.92 Å². The molecule has 0 saturated heterocycles. The van der Waals surface area contributed by atoms with Crippen molar-refractivity contribution in [1.82, 2.24) is 0 Å². The molecule has 0 aliphatic carbocycles. The Labute approximate surface area is 81.9 Å². The summed E-state index contributed by atoms with van der Waals surface area (Å²) in [6, 6.07) is 1.52. The summed E-state index contributed by atoms with van der Waals surface area (Å²) in [6.07, 6.45) is -1.02. The lowest BCUT2D eigenvalue weighted by Gasteiger charge is -2.10. The lowest BCUT2D eigenvalue weighted by molar-refractivity contribution is -0.163. The number of ether oxygens (including phenoxy) is 2. The third-order valence-corrected chi connectivity index (χ3v) is 1.28. The van der Waals surface area contributed by atoms with E-state index < -0.39 is 18.0 Å². The van der Waals surface area contributed by atoms with E-state index in [1.165, 1.54) is 13.0 Å². The molecule has 0 fully saturated rings. The van der Waals surface area contributed by atoms with Crippen LogP contribution in [-0.2, 0) is 19.1 Å². The average molecular weight is 197 g/mol. The summed E-state index contributed by atoms with van der Waals surface area (Å²) in [7, 11) is 0. The van der Waals surface area contributed by atoms with Crippen LogP contribution in [0.5, 0.6) is 0 Å². The van der Waals surface area contributed by atoms with Crippen LogP contribution < -0.4 is 0 Å². The molecule has 14 heavy (non-hydrogen) atoms. The SMILES string of the molecule is C=C(C#N)C(=O)OC(C)C(=O)OCC. The van der Waals surface area contributed by atoms with Crippen molar-refractivity contribution < 1.29 is 19.1 Å². The number of carbonyl (C=O) groups is 2. The predicted octanol–water partition coefficient (Wildman–Crippen LogP) is 0.561. The molecule has 5 heteroatoms. The lowest BCUT2D eigenvalue weighted by Crippen LogP contribution is -2.26. The molecule has 5 nitrogen and oxygen atoms in total. The van der Waals surface area contributed by atoms with Gasteiger partial charge in [-0.2, -0.15) is 5.26 Å². The molecule has 0 aromatic carbocycles. The highest BCUT2D eigenvalue weighted by molar-refractivity contribution is 5.93. The molecule has 76 valence electrons. The lowest BCUT2D eigenvalue weighted by atomic mass is 10.3. The fourth-order valence-electron chi connectivity index (χ4n) is 0.585. The van der Waals surface area contributed by atoms with Crippen molar-refractivity contribution >= 4 is 11.9 Å². The summed E-state index contributed by atoms with van der Waals surface area (Å²) in [4.78, 5) is 21.9. The van der Waals surface area contributed by atoms with Gasteiger partial charge in [-0.3, -0.25) is 0 Å². The average Bonchev–Trinajstić information content (AvgIpc) is 2.16. The van der Waals surface area contributed by atoms with E-state index >= 15 is 0 Å². The van der Waals surface area contributed by atoms with E-state index in [1.807, 2.05) is 0 Å². The molecule has 0 rings (SSSR count). The number of rotatable bonds is 4. The predicted molar refractivity (Wildman–Crippen MR) is 46.9 cm³/mol. The Kier molecular flexibility index (Phi) is 5.00. The van der Waals surface area contributed by atoms with Crippen LogP contribution in [0.2, 0.25) is 0 Å². The molecule has 0 aliphatic rings. The zero-order chi connectivity index (χ0) is 11.1. The van der Waals surface area contributed by atoms with Crippen LogP contribution >= 0.6 is 0 Å². The minimum Gasteiger partial charge on any atom is -0.463 e. The smallest absolute Gasteiger partial charge is 0.349 e. The van der Waals surface area contributed by atoms with Crippen molar-refractivity contribution in [2.45, 2.75) is 20.0 Å². The van der Waals surface area contributed by atoms with Crippen LogP contribution in [0.15, 0.2) is 12.2 Å². The van der Waals surface area contributed by atoms with Crippen LogP contribution in [0, 0.1) is 11.3 Å². The second-order valence-corrected chi connectivity index (χ2v) is 2.39. The van der Waals surface area contributed by atoms with Crippen LogP contribution in [-0.4, -0.2) is 24.6 Å². The van der Waals surface area contributed by atoms with Crippen LogP contribution in [0.25, 0.3) is 0 Å². The van der Waals surface area contributed by atoms with Gasteiger partial charge in [-0.05, 0) is 13.8 Å². The maximum atomic E-state index is 11.0. The molecule has 0 aromatic heterocycles. The Balaban J connectivity index is 4.14. The third kappa shape index (κ3) is 3.72.